The Hall–Kier alpha value is -1.32. The van der Waals surface area contributed by atoms with Crippen LogP contribution in [0.3, 0.4) is 0 Å². The van der Waals surface area contributed by atoms with Gasteiger partial charge in [0.1, 0.15) is 0 Å². The number of carbonyl (C=O) groups is 2. The van der Waals surface area contributed by atoms with Crippen LogP contribution in [0, 0.1) is 23.7 Å². The minimum Gasteiger partial charge on any atom is -0.481 e. The predicted molar refractivity (Wildman–Crippen MR) is 179 cm³/mol. The molecule has 4 atom stereocenters. The van der Waals surface area contributed by atoms with E-state index in [9.17, 15) is 9.59 Å². The first-order valence-corrected chi connectivity index (χ1v) is 18.6. The Bertz CT molecular complexity index is 672. The minimum atomic E-state index is -0.664. The average Bonchev–Trinajstić information content (AvgIpc) is 2.96. The molecule has 0 saturated carbocycles. The van der Waals surface area contributed by atoms with E-state index in [-0.39, 0.29) is 0 Å². The monoisotopic (exact) mass is 591 g/mol. The number of hydrogen-bond acceptors (Lipinski definition) is 2. The second kappa shape index (κ2) is 27.2. The maximum Gasteiger partial charge on any atom is 0.303 e. The maximum absolute atomic E-state index is 10.8. The van der Waals surface area contributed by atoms with Crippen molar-refractivity contribution in [3.8, 4) is 0 Å². The van der Waals surface area contributed by atoms with Crippen LogP contribution < -0.4 is 0 Å². The number of unbranched alkanes of at least 4 members (excludes halogenated alkanes) is 18. The molecule has 0 heterocycles. The summed E-state index contributed by atoms with van der Waals surface area (Å²) in [5.41, 5.74) is 0. The zero-order chi connectivity index (χ0) is 30.7. The predicted octanol–water partition coefficient (Wildman–Crippen LogP) is 12.2. The van der Waals surface area contributed by atoms with Crippen molar-refractivity contribution in [2.45, 2.75) is 194 Å². The standard InChI is InChI=1S/C38H70O4/c1-3-5-7-9-15-21-27-35-33(25-19-8-6-4-2)31-32-34(26-20-14-10-12-17-23-29-37(39)40)36(35)28-22-16-11-13-18-24-30-38(41)42/h31-36H,3-30H2,1-2H3,(H,39,40)(H,41,42). The molecule has 0 aromatic heterocycles. The lowest BCUT2D eigenvalue weighted by Gasteiger charge is -2.41. The quantitative estimate of drug-likeness (QED) is 0.0644. The van der Waals surface area contributed by atoms with Gasteiger partial charge < -0.3 is 10.2 Å². The molecule has 1 aliphatic rings. The SMILES string of the molecule is CCCCCCCCC1C(CCCCCC)C=CC(CCCCCCCCC(=O)O)C1CCCCCCCCC(=O)O. The molecule has 0 aromatic carbocycles. The number of hydrogen-bond donors (Lipinski definition) is 2. The van der Waals surface area contributed by atoms with E-state index in [4.69, 9.17) is 10.2 Å². The molecule has 0 fully saturated rings. The van der Waals surface area contributed by atoms with Crippen LogP contribution in [0.2, 0.25) is 0 Å². The Morgan fingerprint density at radius 3 is 1.07 bits per heavy atom. The third-order valence-corrected chi connectivity index (χ3v) is 9.89. The van der Waals surface area contributed by atoms with Crippen LogP contribution in [0.5, 0.6) is 0 Å². The summed E-state index contributed by atoms with van der Waals surface area (Å²) in [5.74, 6) is 1.84. The summed E-state index contributed by atoms with van der Waals surface area (Å²) in [7, 11) is 0. The van der Waals surface area contributed by atoms with Crippen molar-refractivity contribution in [2.75, 3.05) is 0 Å². The summed E-state index contributed by atoms with van der Waals surface area (Å²) in [6, 6.07) is 0. The first kappa shape index (κ1) is 38.7. The molecule has 4 heteroatoms. The Kier molecular flexibility index (Phi) is 25.1. The lowest BCUT2D eigenvalue weighted by atomic mass is 9.64. The van der Waals surface area contributed by atoms with Crippen molar-refractivity contribution in [1.82, 2.24) is 0 Å². The normalized spacial score (nSPS) is 20.2. The molecule has 0 bridgehead atoms. The summed E-state index contributed by atoms with van der Waals surface area (Å²) in [5, 5.41) is 17.7. The molecule has 246 valence electrons. The molecule has 0 aromatic rings. The highest BCUT2D eigenvalue weighted by molar-refractivity contribution is 5.66. The molecular weight excluding hydrogens is 520 g/mol. The third-order valence-electron chi connectivity index (χ3n) is 9.89. The Labute approximate surface area is 260 Å². The fraction of sp³-hybridized carbons (Fsp3) is 0.895. The number of rotatable bonds is 30. The summed E-state index contributed by atoms with van der Waals surface area (Å²) in [6.07, 6.45) is 38.9. The van der Waals surface area contributed by atoms with Gasteiger partial charge in [0.25, 0.3) is 0 Å². The zero-order valence-corrected chi connectivity index (χ0v) is 28.0. The highest BCUT2D eigenvalue weighted by Gasteiger charge is 2.34. The maximum atomic E-state index is 10.8. The van der Waals surface area contributed by atoms with E-state index in [1.54, 1.807) is 0 Å². The van der Waals surface area contributed by atoms with Gasteiger partial charge in [0.15, 0.2) is 0 Å². The van der Waals surface area contributed by atoms with Crippen LogP contribution in [0.25, 0.3) is 0 Å². The first-order valence-electron chi connectivity index (χ1n) is 18.6. The fourth-order valence-corrected chi connectivity index (χ4v) is 7.38. The van der Waals surface area contributed by atoms with Crippen LogP contribution in [0.1, 0.15) is 194 Å². The van der Waals surface area contributed by atoms with E-state index >= 15 is 0 Å². The molecule has 0 aliphatic heterocycles. The van der Waals surface area contributed by atoms with E-state index in [1.807, 2.05) is 0 Å². The van der Waals surface area contributed by atoms with E-state index in [2.05, 4.69) is 26.0 Å². The van der Waals surface area contributed by atoms with Gasteiger partial charge in [-0.25, -0.2) is 0 Å². The molecule has 0 spiro atoms. The molecule has 1 rings (SSSR count). The van der Waals surface area contributed by atoms with Crippen LogP contribution in [-0.4, -0.2) is 22.2 Å². The van der Waals surface area contributed by atoms with Crippen molar-refractivity contribution >= 4 is 11.9 Å². The Balaban J connectivity index is 2.71. The summed E-state index contributed by atoms with van der Waals surface area (Å²) in [6.45, 7) is 4.61. The number of allylic oxidation sites excluding steroid dienone is 2. The van der Waals surface area contributed by atoms with Gasteiger partial charge in [0.05, 0.1) is 0 Å². The van der Waals surface area contributed by atoms with Gasteiger partial charge >= 0.3 is 11.9 Å². The van der Waals surface area contributed by atoms with E-state index in [1.165, 1.54) is 141 Å². The van der Waals surface area contributed by atoms with Gasteiger partial charge in [-0.05, 0) is 62.2 Å². The van der Waals surface area contributed by atoms with Crippen LogP contribution >= 0.6 is 0 Å². The van der Waals surface area contributed by atoms with Gasteiger partial charge in [-0.1, -0.05) is 154 Å². The largest absolute Gasteiger partial charge is 0.481 e. The summed E-state index contributed by atoms with van der Waals surface area (Å²) < 4.78 is 0. The van der Waals surface area contributed by atoms with Gasteiger partial charge in [0.2, 0.25) is 0 Å². The lowest BCUT2D eigenvalue weighted by Crippen LogP contribution is -2.32. The average molecular weight is 591 g/mol. The van der Waals surface area contributed by atoms with Gasteiger partial charge in [-0.3, -0.25) is 9.59 Å². The smallest absolute Gasteiger partial charge is 0.303 e. The minimum absolute atomic E-state index is 0.316. The Morgan fingerprint density at radius 1 is 0.429 bits per heavy atom. The highest BCUT2D eigenvalue weighted by Crippen LogP contribution is 2.44. The second-order valence-electron chi connectivity index (χ2n) is 13.6. The second-order valence-corrected chi connectivity index (χ2v) is 13.6. The van der Waals surface area contributed by atoms with Crippen LogP contribution in [0.15, 0.2) is 12.2 Å². The van der Waals surface area contributed by atoms with Crippen molar-refractivity contribution in [2.24, 2.45) is 23.7 Å². The molecule has 0 radical (unpaired) electrons. The van der Waals surface area contributed by atoms with Gasteiger partial charge in [0, 0.05) is 12.8 Å². The fourth-order valence-electron chi connectivity index (χ4n) is 7.38. The molecular formula is C38H70O4. The third kappa shape index (κ3) is 20.6. The van der Waals surface area contributed by atoms with Gasteiger partial charge in [-0.15, -0.1) is 0 Å². The van der Waals surface area contributed by atoms with E-state index < -0.39 is 11.9 Å². The Morgan fingerprint density at radius 2 is 0.714 bits per heavy atom. The number of carboxylic acid groups (broad SMARTS) is 2. The summed E-state index contributed by atoms with van der Waals surface area (Å²) in [4.78, 5) is 21.5. The lowest BCUT2D eigenvalue weighted by molar-refractivity contribution is -0.138. The molecule has 4 nitrogen and oxygen atoms in total. The van der Waals surface area contributed by atoms with Crippen molar-refractivity contribution in [3.63, 3.8) is 0 Å². The van der Waals surface area contributed by atoms with Crippen molar-refractivity contribution in [3.05, 3.63) is 12.2 Å². The molecule has 0 amide bonds. The summed E-state index contributed by atoms with van der Waals surface area (Å²) >= 11 is 0. The van der Waals surface area contributed by atoms with E-state index in [0.29, 0.717) is 12.8 Å². The topological polar surface area (TPSA) is 74.6 Å². The molecule has 4 unspecified atom stereocenters. The number of carboxylic acids is 2. The van der Waals surface area contributed by atoms with Crippen LogP contribution in [-0.2, 0) is 9.59 Å². The molecule has 2 N–H and O–H groups in total. The molecule has 0 saturated heterocycles. The van der Waals surface area contributed by atoms with Crippen LogP contribution in [0.4, 0.5) is 0 Å². The van der Waals surface area contributed by atoms with Gasteiger partial charge in [-0.2, -0.15) is 0 Å². The van der Waals surface area contributed by atoms with E-state index in [0.717, 1.165) is 49.4 Å². The molecule has 1 aliphatic carbocycles. The number of aliphatic carboxylic acids is 2. The highest BCUT2D eigenvalue weighted by atomic mass is 16.4. The first-order chi connectivity index (χ1) is 20.5. The molecule has 42 heavy (non-hydrogen) atoms. The van der Waals surface area contributed by atoms with Crippen molar-refractivity contribution in [1.29, 1.82) is 0 Å². The van der Waals surface area contributed by atoms with Crippen molar-refractivity contribution < 1.29 is 19.8 Å². The zero-order valence-electron chi connectivity index (χ0n) is 28.0.